The molecule has 2 saturated heterocycles. The lowest BCUT2D eigenvalue weighted by Gasteiger charge is -2.18. The Morgan fingerprint density at radius 1 is 1.13 bits per heavy atom. The zero-order valence-electron chi connectivity index (χ0n) is 9.07. The topological polar surface area (TPSA) is 32.3 Å². The summed E-state index contributed by atoms with van der Waals surface area (Å²) in [7, 11) is 0. The second kappa shape index (κ2) is 6.56. The summed E-state index contributed by atoms with van der Waals surface area (Å²) in [6.07, 6.45) is 2.38. The molecule has 90 valence electrons. The van der Waals surface area contributed by atoms with Crippen LogP contribution in [0.2, 0.25) is 0 Å². The number of hydrogen-bond acceptors (Lipinski definition) is 2. The number of rotatable bonds is 0. The van der Waals surface area contributed by atoms with Crippen molar-refractivity contribution in [3.63, 3.8) is 0 Å². The van der Waals surface area contributed by atoms with Gasteiger partial charge in [0.05, 0.1) is 0 Å². The molecule has 2 aliphatic rings. The molecule has 0 unspecified atom stereocenters. The number of likely N-dealkylation sites (tertiary alicyclic amines) is 1. The Morgan fingerprint density at radius 3 is 2.00 bits per heavy atom. The lowest BCUT2D eigenvalue weighted by Crippen LogP contribution is -2.30. The minimum absolute atomic E-state index is 0. The molecule has 2 heterocycles. The van der Waals surface area contributed by atoms with Crippen LogP contribution in [0.25, 0.3) is 0 Å². The maximum absolute atomic E-state index is 11.2. The molecule has 0 saturated carbocycles. The summed E-state index contributed by atoms with van der Waals surface area (Å²) in [4.78, 5) is 13.2. The fraction of sp³-hybridized carbons (Fsp3) is 0.900. The smallest absolute Gasteiger partial charge is 0.219 e. The van der Waals surface area contributed by atoms with Crippen molar-refractivity contribution in [3.05, 3.63) is 0 Å². The van der Waals surface area contributed by atoms with E-state index >= 15 is 0 Å². The molecule has 5 heteroatoms. The molecule has 0 aromatic rings. The minimum atomic E-state index is 0. The maximum Gasteiger partial charge on any atom is 0.219 e. The number of fused-ring (bicyclic) bond motifs is 1. The second-order valence-corrected chi connectivity index (χ2v) is 4.26. The van der Waals surface area contributed by atoms with E-state index in [9.17, 15) is 4.79 Å². The Morgan fingerprint density at radius 2 is 1.60 bits per heavy atom. The van der Waals surface area contributed by atoms with E-state index in [-0.39, 0.29) is 30.7 Å². The van der Waals surface area contributed by atoms with Crippen LogP contribution in [0.15, 0.2) is 0 Å². The molecule has 1 amide bonds. The highest BCUT2D eigenvalue weighted by Crippen LogP contribution is 2.26. The summed E-state index contributed by atoms with van der Waals surface area (Å²) in [5, 5.41) is 3.43. The Balaban J connectivity index is 0.000000980. The monoisotopic (exact) mass is 254 g/mol. The predicted octanol–water partition coefficient (Wildman–Crippen LogP) is 1.31. The molecule has 3 nitrogen and oxygen atoms in total. The first-order valence-corrected chi connectivity index (χ1v) is 5.23. The molecule has 2 rings (SSSR count). The number of hydrogen-bond donors (Lipinski definition) is 1. The standard InChI is InChI=1S/C10H18N2O.2ClH/c1-8(13)12-4-2-9-6-11-7-10(9)3-5-12;;/h9-11H,2-7H2,1H3;2*1H/t9-,10-;;/m1../s1. The molecule has 1 N–H and O–H groups in total. The van der Waals surface area contributed by atoms with Gasteiger partial charge in [-0.05, 0) is 37.8 Å². The average molecular weight is 255 g/mol. The van der Waals surface area contributed by atoms with Crippen molar-refractivity contribution < 1.29 is 4.79 Å². The molecule has 2 fully saturated rings. The predicted molar refractivity (Wildman–Crippen MR) is 65.8 cm³/mol. The largest absolute Gasteiger partial charge is 0.343 e. The lowest BCUT2D eigenvalue weighted by atomic mass is 9.92. The van der Waals surface area contributed by atoms with Gasteiger partial charge in [0.1, 0.15) is 0 Å². The molecule has 2 aliphatic heterocycles. The van der Waals surface area contributed by atoms with Gasteiger partial charge in [-0.25, -0.2) is 0 Å². The minimum Gasteiger partial charge on any atom is -0.343 e. The van der Waals surface area contributed by atoms with E-state index in [2.05, 4.69) is 5.32 Å². The van der Waals surface area contributed by atoms with Crippen LogP contribution < -0.4 is 5.32 Å². The zero-order chi connectivity index (χ0) is 9.26. The van der Waals surface area contributed by atoms with Gasteiger partial charge in [0.2, 0.25) is 5.91 Å². The van der Waals surface area contributed by atoms with Gasteiger partial charge in [-0.2, -0.15) is 0 Å². The van der Waals surface area contributed by atoms with Crippen LogP contribution in [-0.4, -0.2) is 37.0 Å². The van der Waals surface area contributed by atoms with Crippen LogP contribution in [0.4, 0.5) is 0 Å². The van der Waals surface area contributed by atoms with Crippen molar-refractivity contribution in [3.8, 4) is 0 Å². The number of carbonyl (C=O) groups excluding carboxylic acids is 1. The Kier molecular flexibility index (Phi) is 6.57. The molecule has 0 radical (unpaired) electrons. The van der Waals surface area contributed by atoms with Gasteiger partial charge in [-0.1, -0.05) is 0 Å². The van der Waals surface area contributed by atoms with Crippen molar-refractivity contribution in [1.29, 1.82) is 0 Å². The molecule has 0 spiro atoms. The normalized spacial score (nSPS) is 29.5. The number of nitrogens with zero attached hydrogens (tertiary/aromatic N) is 1. The fourth-order valence-electron chi connectivity index (χ4n) is 2.53. The van der Waals surface area contributed by atoms with E-state index < -0.39 is 0 Å². The highest BCUT2D eigenvalue weighted by molar-refractivity contribution is 5.85. The van der Waals surface area contributed by atoms with Crippen LogP contribution in [0, 0.1) is 11.8 Å². The Labute approximate surface area is 104 Å². The molecular weight excluding hydrogens is 235 g/mol. The maximum atomic E-state index is 11.2. The first-order chi connectivity index (χ1) is 6.27. The third-order valence-corrected chi connectivity index (χ3v) is 3.46. The summed E-state index contributed by atoms with van der Waals surface area (Å²) in [6.45, 7) is 5.95. The SMILES string of the molecule is CC(=O)N1CC[C@@H]2CNC[C@H]2CC1.Cl.Cl. The number of amides is 1. The summed E-state index contributed by atoms with van der Waals surface area (Å²) in [6, 6.07) is 0. The van der Waals surface area contributed by atoms with Crippen molar-refractivity contribution in [1.82, 2.24) is 10.2 Å². The summed E-state index contributed by atoms with van der Waals surface area (Å²) in [5.74, 6) is 1.89. The van der Waals surface area contributed by atoms with E-state index in [1.165, 1.54) is 12.8 Å². The Hall–Kier alpha value is 0.01000. The van der Waals surface area contributed by atoms with Crippen molar-refractivity contribution in [2.75, 3.05) is 26.2 Å². The van der Waals surface area contributed by atoms with Gasteiger partial charge in [0.15, 0.2) is 0 Å². The summed E-state index contributed by atoms with van der Waals surface area (Å²) in [5.41, 5.74) is 0. The van der Waals surface area contributed by atoms with Crippen LogP contribution in [0.3, 0.4) is 0 Å². The van der Waals surface area contributed by atoms with E-state index in [0.29, 0.717) is 0 Å². The molecule has 2 atom stereocenters. The molecule has 0 bridgehead atoms. The van der Waals surface area contributed by atoms with E-state index in [4.69, 9.17) is 0 Å². The number of nitrogens with one attached hydrogen (secondary N) is 1. The van der Waals surface area contributed by atoms with Gasteiger partial charge in [0, 0.05) is 20.0 Å². The number of carbonyl (C=O) groups is 1. The van der Waals surface area contributed by atoms with E-state index in [1.54, 1.807) is 6.92 Å². The first kappa shape index (κ1) is 15.0. The summed E-state index contributed by atoms with van der Waals surface area (Å²) >= 11 is 0. The summed E-state index contributed by atoms with van der Waals surface area (Å²) < 4.78 is 0. The van der Waals surface area contributed by atoms with Gasteiger partial charge in [-0.3, -0.25) is 4.79 Å². The fourth-order valence-corrected chi connectivity index (χ4v) is 2.53. The highest BCUT2D eigenvalue weighted by atomic mass is 35.5. The first-order valence-electron chi connectivity index (χ1n) is 5.23. The van der Waals surface area contributed by atoms with Gasteiger partial charge in [-0.15, -0.1) is 24.8 Å². The van der Waals surface area contributed by atoms with E-state index in [0.717, 1.165) is 38.0 Å². The molecule has 0 aromatic carbocycles. The van der Waals surface area contributed by atoms with Crippen molar-refractivity contribution in [2.24, 2.45) is 11.8 Å². The second-order valence-electron chi connectivity index (χ2n) is 4.26. The van der Waals surface area contributed by atoms with Crippen LogP contribution >= 0.6 is 24.8 Å². The highest BCUT2D eigenvalue weighted by Gasteiger charge is 2.30. The molecule has 0 aromatic heterocycles. The van der Waals surface area contributed by atoms with Gasteiger partial charge >= 0.3 is 0 Å². The third-order valence-electron chi connectivity index (χ3n) is 3.46. The zero-order valence-corrected chi connectivity index (χ0v) is 10.7. The van der Waals surface area contributed by atoms with Gasteiger partial charge in [0.25, 0.3) is 0 Å². The molecular formula is C10H20Cl2N2O. The molecule has 0 aliphatic carbocycles. The van der Waals surface area contributed by atoms with E-state index in [1.807, 2.05) is 4.90 Å². The van der Waals surface area contributed by atoms with Crippen LogP contribution in [0.5, 0.6) is 0 Å². The number of halogens is 2. The quantitative estimate of drug-likeness (QED) is 0.707. The third kappa shape index (κ3) is 3.51. The molecule has 15 heavy (non-hydrogen) atoms. The van der Waals surface area contributed by atoms with Gasteiger partial charge < -0.3 is 10.2 Å². The van der Waals surface area contributed by atoms with Crippen LogP contribution in [-0.2, 0) is 4.79 Å². The van der Waals surface area contributed by atoms with Crippen LogP contribution in [0.1, 0.15) is 19.8 Å². The Bertz CT molecular complexity index is 200. The average Bonchev–Trinajstić information content (AvgIpc) is 2.44. The van der Waals surface area contributed by atoms with Crippen molar-refractivity contribution >= 4 is 30.7 Å². The van der Waals surface area contributed by atoms with Crippen molar-refractivity contribution in [2.45, 2.75) is 19.8 Å². The lowest BCUT2D eigenvalue weighted by molar-refractivity contribution is -0.128.